The first kappa shape index (κ1) is 14.5. The second kappa shape index (κ2) is 6.36. The van der Waals surface area contributed by atoms with Crippen LogP contribution in [0.2, 0.25) is 0 Å². The van der Waals surface area contributed by atoms with Crippen LogP contribution in [0.5, 0.6) is 0 Å². The maximum atomic E-state index is 9.36. The van der Waals surface area contributed by atoms with Crippen molar-refractivity contribution in [2.24, 2.45) is 0 Å². The third kappa shape index (κ3) is 3.42. The summed E-state index contributed by atoms with van der Waals surface area (Å²) in [5, 5.41) is 10.4. The van der Waals surface area contributed by atoms with Crippen molar-refractivity contribution in [1.82, 2.24) is 4.98 Å². The first-order valence-corrected chi connectivity index (χ1v) is 7.16. The molecule has 0 aromatic carbocycles. The number of hydrogen-bond acceptors (Lipinski definition) is 4. The minimum atomic E-state index is 0.0984. The quantitative estimate of drug-likeness (QED) is 0.847. The molecule has 0 fully saturated rings. The Bertz CT molecular complexity index is 349. The number of thiazole rings is 1. The van der Waals surface area contributed by atoms with E-state index in [1.54, 1.807) is 11.3 Å². The minimum absolute atomic E-state index is 0.0984. The maximum absolute atomic E-state index is 9.36. The van der Waals surface area contributed by atoms with Crippen LogP contribution in [0.3, 0.4) is 0 Å². The molecule has 0 bridgehead atoms. The van der Waals surface area contributed by atoms with Crippen molar-refractivity contribution in [3.05, 3.63) is 10.6 Å². The highest BCUT2D eigenvalue weighted by Gasteiger charge is 2.18. The van der Waals surface area contributed by atoms with E-state index in [9.17, 15) is 5.11 Å². The van der Waals surface area contributed by atoms with E-state index >= 15 is 0 Å². The average Bonchev–Trinajstić information content (AvgIpc) is 2.72. The fourth-order valence-electron chi connectivity index (χ4n) is 1.87. The number of aliphatic hydroxyl groups is 1. The molecule has 98 valence electrons. The lowest BCUT2D eigenvalue weighted by Crippen LogP contribution is -2.28. The summed E-state index contributed by atoms with van der Waals surface area (Å²) in [4.78, 5) is 7.89. The molecule has 1 atom stereocenters. The average molecular weight is 256 g/mol. The van der Waals surface area contributed by atoms with Gasteiger partial charge in [0.05, 0.1) is 17.2 Å². The van der Waals surface area contributed by atoms with Gasteiger partial charge in [-0.1, -0.05) is 38.5 Å². The molecule has 0 aliphatic carbocycles. The zero-order valence-electron chi connectivity index (χ0n) is 11.5. The molecule has 1 unspecified atom stereocenters. The van der Waals surface area contributed by atoms with Crippen LogP contribution in [-0.4, -0.2) is 23.2 Å². The van der Waals surface area contributed by atoms with Gasteiger partial charge in [-0.05, 0) is 19.3 Å². The van der Waals surface area contributed by atoms with E-state index in [0.29, 0.717) is 12.0 Å². The van der Waals surface area contributed by atoms with Gasteiger partial charge in [0.1, 0.15) is 0 Å². The van der Waals surface area contributed by atoms with Crippen LogP contribution < -0.4 is 4.90 Å². The molecule has 17 heavy (non-hydrogen) atoms. The molecule has 1 rings (SSSR count). The maximum Gasteiger partial charge on any atom is 0.185 e. The second-order valence-corrected chi connectivity index (χ2v) is 5.93. The van der Waals surface area contributed by atoms with Crippen LogP contribution in [0.15, 0.2) is 0 Å². The molecule has 1 aromatic heterocycles. The smallest absolute Gasteiger partial charge is 0.185 e. The highest BCUT2D eigenvalue weighted by Crippen LogP contribution is 2.31. The number of anilines is 1. The minimum Gasteiger partial charge on any atom is -0.391 e. The summed E-state index contributed by atoms with van der Waals surface area (Å²) < 4.78 is 0. The summed E-state index contributed by atoms with van der Waals surface area (Å²) in [5.41, 5.74) is 1.04. The molecule has 1 heterocycles. The van der Waals surface area contributed by atoms with Gasteiger partial charge in [0.2, 0.25) is 0 Å². The topological polar surface area (TPSA) is 36.4 Å². The number of aromatic nitrogens is 1. The van der Waals surface area contributed by atoms with Crippen LogP contribution in [0.1, 0.15) is 57.0 Å². The molecule has 1 aromatic rings. The van der Waals surface area contributed by atoms with Gasteiger partial charge >= 0.3 is 0 Å². The third-order valence-corrected chi connectivity index (χ3v) is 4.22. The normalized spacial score (nSPS) is 13.1. The standard InChI is InChI=1S/C13H24N2OS/c1-6-7-10(4)15(5)13-14-12(9(2)3)11(8-16)17-13/h9-10,16H,6-8H2,1-5H3. The van der Waals surface area contributed by atoms with Gasteiger partial charge in [-0.15, -0.1) is 0 Å². The predicted molar refractivity (Wildman–Crippen MR) is 74.9 cm³/mol. The van der Waals surface area contributed by atoms with Crippen LogP contribution in [0.4, 0.5) is 5.13 Å². The molecule has 0 saturated heterocycles. The summed E-state index contributed by atoms with van der Waals surface area (Å²) in [6.07, 6.45) is 2.35. The summed E-state index contributed by atoms with van der Waals surface area (Å²) in [7, 11) is 2.09. The Morgan fingerprint density at radius 3 is 2.41 bits per heavy atom. The van der Waals surface area contributed by atoms with Gasteiger partial charge < -0.3 is 10.0 Å². The molecule has 0 amide bonds. The van der Waals surface area contributed by atoms with Gasteiger partial charge in [-0.3, -0.25) is 0 Å². The molecule has 0 radical (unpaired) electrons. The Morgan fingerprint density at radius 1 is 1.35 bits per heavy atom. The Morgan fingerprint density at radius 2 is 2.00 bits per heavy atom. The zero-order valence-corrected chi connectivity index (χ0v) is 12.3. The summed E-state index contributed by atoms with van der Waals surface area (Å²) >= 11 is 1.61. The van der Waals surface area contributed by atoms with E-state index in [0.717, 1.165) is 15.7 Å². The zero-order chi connectivity index (χ0) is 13.0. The van der Waals surface area contributed by atoms with Crippen LogP contribution >= 0.6 is 11.3 Å². The van der Waals surface area contributed by atoms with E-state index in [-0.39, 0.29) is 6.61 Å². The van der Waals surface area contributed by atoms with Crippen molar-refractivity contribution in [3.63, 3.8) is 0 Å². The monoisotopic (exact) mass is 256 g/mol. The lowest BCUT2D eigenvalue weighted by molar-refractivity contribution is 0.283. The van der Waals surface area contributed by atoms with E-state index in [2.05, 4.69) is 44.6 Å². The summed E-state index contributed by atoms with van der Waals surface area (Å²) in [6, 6.07) is 0.498. The Balaban J connectivity index is 2.91. The highest BCUT2D eigenvalue weighted by molar-refractivity contribution is 7.15. The van der Waals surface area contributed by atoms with Crippen molar-refractivity contribution in [1.29, 1.82) is 0 Å². The van der Waals surface area contributed by atoms with Crippen molar-refractivity contribution >= 4 is 16.5 Å². The predicted octanol–water partition coefficient (Wildman–Crippen LogP) is 3.38. The number of hydrogen-bond donors (Lipinski definition) is 1. The van der Waals surface area contributed by atoms with Crippen molar-refractivity contribution < 1.29 is 5.11 Å². The van der Waals surface area contributed by atoms with Crippen molar-refractivity contribution in [3.8, 4) is 0 Å². The van der Waals surface area contributed by atoms with Gasteiger partial charge in [-0.2, -0.15) is 0 Å². The summed E-state index contributed by atoms with van der Waals surface area (Å²) in [5.74, 6) is 0.372. The fourth-order valence-corrected chi connectivity index (χ4v) is 3.00. The van der Waals surface area contributed by atoms with E-state index < -0.39 is 0 Å². The molecule has 0 aliphatic heterocycles. The number of aliphatic hydroxyl groups excluding tert-OH is 1. The highest BCUT2D eigenvalue weighted by atomic mass is 32.1. The largest absolute Gasteiger partial charge is 0.391 e. The third-order valence-electron chi connectivity index (χ3n) is 3.08. The lowest BCUT2D eigenvalue weighted by Gasteiger charge is -2.23. The second-order valence-electron chi connectivity index (χ2n) is 4.87. The lowest BCUT2D eigenvalue weighted by atomic mass is 10.1. The molecule has 3 nitrogen and oxygen atoms in total. The molecule has 0 aliphatic rings. The molecule has 0 spiro atoms. The van der Waals surface area contributed by atoms with Crippen molar-refractivity contribution in [2.45, 2.75) is 59.1 Å². The molecule has 1 N–H and O–H groups in total. The number of nitrogens with zero attached hydrogens (tertiary/aromatic N) is 2. The van der Waals surface area contributed by atoms with E-state index in [1.165, 1.54) is 12.8 Å². The van der Waals surface area contributed by atoms with Crippen LogP contribution in [-0.2, 0) is 6.61 Å². The fraction of sp³-hybridized carbons (Fsp3) is 0.769. The Labute approximate surface area is 108 Å². The summed E-state index contributed by atoms with van der Waals surface area (Å²) in [6.45, 7) is 8.76. The van der Waals surface area contributed by atoms with Crippen LogP contribution in [0, 0.1) is 0 Å². The first-order chi connectivity index (χ1) is 8.01. The SMILES string of the molecule is CCCC(C)N(C)c1nc(C(C)C)c(CO)s1. The van der Waals surface area contributed by atoms with Gasteiger partial charge in [0.15, 0.2) is 5.13 Å². The van der Waals surface area contributed by atoms with E-state index in [1.807, 2.05) is 0 Å². The van der Waals surface area contributed by atoms with Gasteiger partial charge in [-0.25, -0.2) is 4.98 Å². The first-order valence-electron chi connectivity index (χ1n) is 6.34. The molecule has 4 heteroatoms. The van der Waals surface area contributed by atoms with Crippen LogP contribution in [0.25, 0.3) is 0 Å². The molecular formula is C13H24N2OS. The Hall–Kier alpha value is -0.610. The van der Waals surface area contributed by atoms with Gasteiger partial charge in [0.25, 0.3) is 0 Å². The molecule has 0 saturated carbocycles. The number of rotatable bonds is 6. The molecular weight excluding hydrogens is 232 g/mol. The van der Waals surface area contributed by atoms with Crippen molar-refractivity contribution in [2.75, 3.05) is 11.9 Å². The van der Waals surface area contributed by atoms with E-state index in [4.69, 9.17) is 0 Å². The Kier molecular flexibility index (Phi) is 5.40. The van der Waals surface area contributed by atoms with Gasteiger partial charge in [0, 0.05) is 13.1 Å².